The Balaban J connectivity index is 0.00000532. The number of aromatic hydroxyl groups is 2. The van der Waals surface area contributed by atoms with Crippen molar-refractivity contribution in [3.05, 3.63) is 143 Å². The van der Waals surface area contributed by atoms with Crippen LogP contribution in [0.1, 0.15) is 43.0 Å². The van der Waals surface area contributed by atoms with Gasteiger partial charge in [0.1, 0.15) is 34.0 Å². The summed E-state index contributed by atoms with van der Waals surface area (Å²) >= 11 is 0. The molecule has 0 spiro atoms. The van der Waals surface area contributed by atoms with Gasteiger partial charge in [0.15, 0.2) is 23.1 Å². The van der Waals surface area contributed by atoms with Crippen molar-refractivity contribution in [3.8, 4) is 34.5 Å². The smallest absolute Gasteiger partial charge is 0.261 e. The number of ketones is 2. The fraction of sp³-hybridized carbons (Fsp3) is 0.0500. The summed E-state index contributed by atoms with van der Waals surface area (Å²) < 4.78 is 58.6. The number of hydrogen-bond donors (Lipinski definition) is 6. The number of hydrogen-bond acceptors (Lipinski definition) is 11. The Kier molecular flexibility index (Phi) is 10.5. The number of aryl methyl sites for hydroxylation is 2. The topological polar surface area (TPSA) is 252 Å². The van der Waals surface area contributed by atoms with E-state index >= 15 is 0 Å². The molecule has 14 nitrogen and oxygen atoms in total. The Hall–Kier alpha value is -6.88. The zero-order valence-electron chi connectivity index (χ0n) is 29.6. The van der Waals surface area contributed by atoms with Gasteiger partial charge in [-0.15, -0.1) is 0 Å². The lowest BCUT2D eigenvalue weighted by Crippen LogP contribution is -2.28. The first-order valence-corrected chi connectivity index (χ1v) is 19.1. The number of benzene rings is 6. The number of fused-ring (bicyclic) bond motifs is 2. The highest BCUT2D eigenvalue weighted by molar-refractivity contribution is 7.92. The van der Waals surface area contributed by atoms with E-state index in [1.54, 1.807) is 43.3 Å². The van der Waals surface area contributed by atoms with Crippen LogP contribution in [0.15, 0.2) is 119 Å². The minimum absolute atomic E-state index is 0. The van der Waals surface area contributed by atoms with Crippen LogP contribution in [-0.2, 0) is 21.0 Å². The van der Waals surface area contributed by atoms with E-state index in [-0.39, 0.29) is 78.7 Å². The Morgan fingerprint density at radius 1 is 0.607 bits per heavy atom. The van der Waals surface area contributed by atoms with Gasteiger partial charge in [-0.1, -0.05) is 35.4 Å². The maximum atomic E-state index is 14.9. The molecule has 0 aliphatic heterocycles. The molecule has 6 aromatic carbocycles. The van der Waals surface area contributed by atoms with E-state index in [1.807, 2.05) is 6.92 Å². The van der Waals surface area contributed by atoms with E-state index in [2.05, 4.69) is 9.44 Å². The third-order valence-corrected chi connectivity index (χ3v) is 11.2. The normalized spacial score (nSPS) is 12.5. The third kappa shape index (κ3) is 7.43. The maximum Gasteiger partial charge on any atom is 0.261 e. The van der Waals surface area contributed by atoms with Gasteiger partial charge in [0.2, 0.25) is 0 Å². The molecule has 1 aliphatic rings. The van der Waals surface area contributed by atoms with Crippen LogP contribution in [0.25, 0.3) is 0 Å². The van der Waals surface area contributed by atoms with Crippen LogP contribution in [0, 0.1) is 13.8 Å². The van der Waals surface area contributed by atoms with Crippen molar-refractivity contribution < 1.29 is 47.4 Å². The lowest BCUT2D eigenvalue weighted by molar-refractivity contribution is 0.0981. The Morgan fingerprint density at radius 2 is 1.02 bits per heavy atom. The summed E-state index contributed by atoms with van der Waals surface area (Å²) in [5.74, 6) is -1.76. The molecule has 0 bridgehead atoms. The molecular formula is C40H34N4O10S2. The van der Waals surface area contributed by atoms with Gasteiger partial charge in [-0.2, -0.15) is 0 Å². The number of phenolic OH excluding ortho intramolecular Hbond substituents is 2. The summed E-state index contributed by atoms with van der Waals surface area (Å²) in [5.41, 5.74) is 12.4. The average molecular weight is 795 g/mol. The molecule has 0 heterocycles. The molecule has 7 rings (SSSR count). The van der Waals surface area contributed by atoms with Gasteiger partial charge >= 0.3 is 0 Å². The molecule has 1 unspecified atom stereocenters. The van der Waals surface area contributed by atoms with Crippen LogP contribution in [0.5, 0.6) is 34.5 Å². The summed E-state index contributed by atoms with van der Waals surface area (Å²) in [6, 6.07) is 26.4. The summed E-state index contributed by atoms with van der Waals surface area (Å²) in [5, 5.41) is 19.6. The molecule has 1 aliphatic carbocycles. The molecule has 0 radical (unpaired) electrons. The van der Waals surface area contributed by atoms with Crippen molar-refractivity contribution in [2.75, 3.05) is 20.9 Å². The number of ether oxygens (including phenoxy) is 2. The van der Waals surface area contributed by atoms with Gasteiger partial charge < -0.3 is 41.4 Å². The Morgan fingerprint density at radius 3 is 1.50 bits per heavy atom. The minimum atomic E-state index is -4.38. The van der Waals surface area contributed by atoms with Gasteiger partial charge in [0.05, 0.1) is 54.8 Å². The number of nitrogens with one attached hydrogen (secondary N) is 2. The molecule has 1 atom stereocenters. The summed E-state index contributed by atoms with van der Waals surface area (Å²) in [7, 11) is -6.37. The van der Waals surface area contributed by atoms with E-state index in [9.17, 15) is 32.4 Å². The van der Waals surface area contributed by atoms with Crippen LogP contribution >= 0.6 is 0 Å². The van der Waals surface area contributed by atoms with Gasteiger partial charge in [0.25, 0.3) is 10.0 Å². The molecule has 10 N–H and O–H groups in total. The third-order valence-electron chi connectivity index (χ3n) is 8.71. The predicted octanol–water partition coefficient (Wildman–Crippen LogP) is 6.35. The maximum absolute atomic E-state index is 14.9. The Labute approximate surface area is 323 Å². The van der Waals surface area contributed by atoms with E-state index in [0.29, 0.717) is 4.90 Å². The zero-order chi connectivity index (χ0) is 39.2. The predicted molar refractivity (Wildman–Crippen MR) is 212 cm³/mol. The molecule has 0 saturated heterocycles. The second-order valence-electron chi connectivity index (χ2n) is 12.6. The second kappa shape index (κ2) is 15.1. The summed E-state index contributed by atoms with van der Waals surface area (Å²) in [6.07, 6.45) is 0. The quantitative estimate of drug-likeness (QED) is 0.0832. The average Bonchev–Trinajstić information content (AvgIpc) is 3.15. The fourth-order valence-electron chi connectivity index (χ4n) is 5.89. The van der Waals surface area contributed by atoms with Gasteiger partial charge in [-0.3, -0.25) is 14.3 Å². The largest absolute Gasteiger partial charge is 0.508 e. The molecule has 0 aromatic heterocycles. The van der Waals surface area contributed by atoms with Crippen LogP contribution in [-0.4, -0.2) is 39.9 Å². The SMILES string of the molecule is Cc1ccc(S(=O)Nc2cc(Oc3ccc(O)cc3)c(N)c3c2C(=O)c2c(NS(=O)(=O)c4ccc(C)cc4)cc(Oc4ccc(O)cc4)c(N)c2C3=O)cc1.O. The molecular weight excluding hydrogens is 761 g/mol. The van der Waals surface area contributed by atoms with Crippen molar-refractivity contribution in [2.45, 2.75) is 23.6 Å². The van der Waals surface area contributed by atoms with Crippen LogP contribution < -0.4 is 30.4 Å². The van der Waals surface area contributed by atoms with E-state index in [4.69, 9.17) is 20.9 Å². The molecule has 56 heavy (non-hydrogen) atoms. The standard InChI is InChI=1S/C40H32N4O9S2.H2O/c1-21-3-15-27(16-4-21)54(49)43-29-19-31(52-25-11-7-23(45)8-12-25)37(41)35-33(29)39(47)34-30(44-55(50,51)28-17-5-22(2)6-18-28)20-32(38(42)36(34)40(35)48)53-26-13-9-24(46)10-14-26;/h3-20,43-46H,41-42H2,1-2H3;1H2. The number of sulfonamides is 1. The van der Waals surface area contributed by atoms with Gasteiger partial charge in [-0.05, 0) is 86.6 Å². The summed E-state index contributed by atoms with van der Waals surface area (Å²) in [6.45, 7) is 3.65. The first-order valence-electron chi connectivity index (χ1n) is 16.5. The second-order valence-corrected chi connectivity index (χ2v) is 15.5. The number of rotatable bonds is 10. The number of carbonyl (C=O) groups is 2. The Bertz CT molecular complexity index is 2650. The lowest BCUT2D eigenvalue weighted by atomic mass is 9.80. The van der Waals surface area contributed by atoms with Crippen LogP contribution in [0.3, 0.4) is 0 Å². The van der Waals surface area contributed by atoms with Crippen molar-refractivity contribution >= 4 is 55.3 Å². The van der Waals surface area contributed by atoms with Gasteiger partial charge in [-0.25, -0.2) is 12.6 Å². The summed E-state index contributed by atoms with van der Waals surface area (Å²) in [4.78, 5) is 29.9. The lowest BCUT2D eigenvalue weighted by Gasteiger charge is -2.27. The fourth-order valence-corrected chi connectivity index (χ4v) is 7.82. The number of carbonyl (C=O) groups excluding carboxylic acids is 2. The molecule has 0 fully saturated rings. The molecule has 286 valence electrons. The van der Waals surface area contributed by atoms with E-state index in [1.165, 1.54) is 72.8 Å². The molecule has 0 amide bonds. The van der Waals surface area contributed by atoms with E-state index < -0.39 is 43.7 Å². The first-order chi connectivity index (χ1) is 26.2. The molecule has 6 aromatic rings. The van der Waals surface area contributed by atoms with Crippen molar-refractivity contribution in [1.82, 2.24) is 0 Å². The number of anilines is 4. The number of phenols is 2. The first kappa shape index (κ1) is 38.8. The number of nitrogens with two attached hydrogens (primary N) is 2. The zero-order valence-corrected chi connectivity index (χ0v) is 31.2. The monoisotopic (exact) mass is 794 g/mol. The van der Waals surface area contributed by atoms with Crippen LogP contribution in [0.2, 0.25) is 0 Å². The number of nitrogen functional groups attached to an aromatic ring is 2. The van der Waals surface area contributed by atoms with Crippen molar-refractivity contribution in [3.63, 3.8) is 0 Å². The molecule has 0 saturated carbocycles. The van der Waals surface area contributed by atoms with Gasteiger partial charge in [0, 0.05) is 12.1 Å². The highest BCUT2D eigenvalue weighted by Crippen LogP contribution is 2.48. The van der Waals surface area contributed by atoms with E-state index in [0.717, 1.165) is 11.1 Å². The minimum Gasteiger partial charge on any atom is -0.508 e. The van der Waals surface area contributed by atoms with Crippen molar-refractivity contribution in [1.29, 1.82) is 0 Å². The highest BCUT2D eigenvalue weighted by atomic mass is 32.2. The molecule has 16 heteroatoms. The van der Waals surface area contributed by atoms with Crippen LogP contribution in [0.4, 0.5) is 22.7 Å². The highest BCUT2D eigenvalue weighted by Gasteiger charge is 2.40. The van der Waals surface area contributed by atoms with Crippen molar-refractivity contribution in [2.24, 2.45) is 0 Å².